The Labute approximate surface area is 188 Å². The van der Waals surface area contributed by atoms with Crippen molar-refractivity contribution in [3.8, 4) is 0 Å². The Hall–Kier alpha value is -3.29. The van der Waals surface area contributed by atoms with Crippen LogP contribution in [0.5, 0.6) is 0 Å². The van der Waals surface area contributed by atoms with Gasteiger partial charge in [-0.15, -0.1) is 0 Å². The van der Waals surface area contributed by atoms with E-state index in [1.807, 2.05) is 30.3 Å². The number of rotatable bonds is 3. The van der Waals surface area contributed by atoms with Gasteiger partial charge >= 0.3 is 0 Å². The van der Waals surface area contributed by atoms with Crippen LogP contribution in [0.15, 0.2) is 83.8 Å². The third-order valence-corrected chi connectivity index (χ3v) is 6.59. The van der Waals surface area contributed by atoms with Crippen LogP contribution < -0.4 is 9.80 Å². The van der Waals surface area contributed by atoms with Crippen LogP contribution in [-0.2, 0) is 16.1 Å². The predicted molar refractivity (Wildman–Crippen MR) is 125 cm³/mol. The monoisotopic (exact) mass is 446 g/mol. The van der Waals surface area contributed by atoms with Gasteiger partial charge in [-0.05, 0) is 24.3 Å². The fourth-order valence-corrected chi connectivity index (χ4v) is 5.14. The van der Waals surface area contributed by atoms with E-state index < -0.39 is 0 Å². The van der Waals surface area contributed by atoms with Crippen LogP contribution in [0.2, 0.25) is 0 Å². The summed E-state index contributed by atoms with van der Waals surface area (Å²) >= 11 is 6.58. The first-order valence-electron chi connectivity index (χ1n) is 9.56. The SMILES string of the molecule is O=C1/C(=C2/SC(=S)N(c3ccccc3)C2=O)c2ccccc2N1Cc1ccccc1F. The molecule has 0 atom stereocenters. The first kappa shape index (κ1) is 19.7. The number of hydrogen-bond donors (Lipinski definition) is 0. The molecule has 1 fully saturated rings. The van der Waals surface area contributed by atoms with Crippen molar-refractivity contribution in [2.24, 2.45) is 0 Å². The lowest BCUT2D eigenvalue weighted by Gasteiger charge is -2.17. The zero-order chi connectivity index (χ0) is 21.5. The van der Waals surface area contributed by atoms with E-state index in [-0.39, 0.29) is 24.2 Å². The minimum absolute atomic E-state index is 0.0744. The van der Waals surface area contributed by atoms with Crippen molar-refractivity contribution in [1.82, 2.24) is 0 Å². The average molecular weight is 447 g/mol. The maximum atomic E-state index is 14.3. The smallest absolute Gasteiger partial charge is 0.271 e. The van der Waals surface area contributed by atoms with Gasteiger partial charge in [0.2, 0.25) is 0 Å². The number of carbonyl (C=O) groups is 2. The standard InChI is InChI=1S/C24H15FN2O2S2/c25-18-12-6-4-8-15(18)14-26-19-13-7-5-11-17(19)20(22(26)28)21-23(29)27(24(30)31-21)16-9-2-1-3-10-16/h1-13H,14H2/b21-20+. The second-order valence-corrected chi connectivity index (χ2v) is 8.69. The molecule has 3 aromatic rings. The molecule has 2 aliphatic heterocycles. The molecular weight excluding hydrogens is 431 g/mol. The lowest BCUT2D eigenvalue weighted by Crippen LogP contribution is -2.29. The lowest BCUT2D eigenvalue weighted by molar-refractivity contribution is -0.115. The Morgan fingerprint density at radius 2 is 1.52 bits per heavy atom. The van der Waals surface area contributed by atoms with E-state index in [0.29, 0.717) is 37.3 Å². The summed E-state index contributed by atoms with van der Waals surface area (Å²) in [5, 5.41) is 0. The molecule has 0 spiro atoms. The fraction of sp³-hybridized carbons (Fsp3) is 0.0417. The molecule has 0 bridgehead atoms. The van der Waals surface area contributed by atoms with Crippen LogP contribution >= 0.6 is 24.0 Å². The molecule has 1 saturated heterocycles. The zero-order valence-electron chi connectivity index (χ0n) is 16.1. The molecule has 2 heterocycles. The van der Waals surface area contributed by atoms with Gasteiger partial charge in [0.05, 0.1) is 28.4 Å². The molecule has 5 rings (SSSR count). The molecule has 2 aliphatic rings. The van der Waals surface area contributed by atoms with Crippen molar-refractivity contribution in [3.63, 3.8) is 0 Å². The molecule has 2 amide bonds. The first-order chi connectivity index (χ1) is 15.1. The minimum Gasteiger partial charge on any atom is -0.303 e. The molecule has 0 radical (unpaired) electrons. The van der Waals surface area contributed by atoms with Crippen molar-refractivity contribution >= 4 is 57.1 Å². The molecule has 0 saturated carbocycles. The third-order valence-electron chi connectivity index (χ3n) is 5.22. The molecule has 0 aliphatic carbocycles. The number of para-hydroxylation sites is 2. The fourth-order valence-electron chi connectivity index (χ4n) is 3.77. The van der Waals surface area contributed by atoms with Gasteiger partial charge in [-0.25, -0.2) is 4.39 Å². The summed E-state index contributed by atoms with van der Waals surface area (Å²) in [7, 11) is 0. The summed E-state index contributed by atoms with van der Waals surface area (Å²) in [5.41, 5.74) is 2.67. The summed E-state index contributed by atoms with van der Waals surface area (Å²) in [5.74, 6) is -1.04. The summed E-state index contributed by atoms with van der Waals surface area (Å²) in [6, 6.07) is 22.7. The largest absolute Gasteiger partial charge is 0.303 e. The zero-order valence-corrected chi connectivity index (χ0v) is 17.8. The highest BCUT2D eigenvalue weighted by Crippen LogP contribution is 2.45. The van der Waals surface area contributed by atoms with E-state index >= 15 is 0 Å². The lowest BCUT2D eigenvalue weighted by atomic mass is 10.1. The Bertz CT molecular complexity index is 1270. The number of nitrogens with zero attached hydrogens (tertiary/aromatic N) is 2. The molecule has 0 unspecified atom stereocenters. The van der Waals surface area contributed by atoms with Crippen LogP contribution in [0.25, 0.3) is 5.57 Å². The molecule has 0 N–H and O–H groups in total. The predicted octanol–water partition coefficient (Wildman–Crippen LogP) is 5.15. The van der Waals surface area contributed by atoms with E-state index in [1.54, 1.807) is 42.5 Å². The highest BCUT2D eigenvalue weighted by Gasteiger charge is 2.42. The number of benzene rings is 3. The second kappa shape index (κ2) is 7.76. The van der Waals surface area contributed by atoms with Gasteiger partial charge in [0.25, 0.3) is 11.8 Å². The maximum absolute atomic E-state index is 14.3. The van der Waals surface area contributed by atoms with Crippen LogP contribution in [0.1, 0.15) is 11.1 Å². The van der Waals surface area contributed by atoms with Gasteiger partial charge in [0.1, 0.15) is 5.82 Å². The van der Waals surface area contributed by atoms with Gasteiger partial charge in [-0.3, -0.25) is 14.5 Å². The summed E-state index contributed by atoms with van der Waals surface area (Å²) in [6.07, 6.45) is 0. The van der Waals surface area contributed by atoms with Gasteiger partial charge in [-0.1, -0.05) is 78.6 Å². The van der Waals surface area contributed by atoms with E-state index in [0.717, 1.165) is 11.8 Å². The molecule has 4 nitrogen and oxygen atoms in total. The molecule has 0 aromatic heterocycles. The van der Waals surface area contributed by atoms with E-state index in [9.17, 15) is 14.0 Å². The Kier molecular flexibility index (Phi) is 4.92. The van der Waals surface area contributed by atoms with Gasteiger partial charge in [0.15, 0.2) is 4.32 Å². The first-order valence-corrected chi connectivity index (χ1v) is 10.8. The molecule has 7 heteroatoms. The van der Waals surface area contributed by atoms with Crippen LogP contribution in [0.3, 0.4) is 0 Å². The topological polar surface area (TPSA) is 40.6 Å². The van der Waals surface area contributed by atoms with Crippen LogP contribution in [0, 0.1) is 5.82 Å². The van der Waals surface area contributed by atoms with Gasteiger partial charge in [-0.2, -0.15) is 0 Å². The average Bonchev–Trinajstić information content (AvgIpc) is 3.22. The summed E-state index contributed by atoms with van der Waals surface area (Å²) < 4.78 is 14.6. The number of carbonyl (C=O) groups excluding carboxylic acids is 2. The summed E-state index contributed by atoms with van der Waals surface area (Å²) in [4.78, 5) is 30.0. The normalized spacial score (nSPS) is 18.2. The minimum atomic E-state index is -0.378. The van der Waals surface area contributed by atoms with E-state index in [4.69, 9.17) is 12.2 Å². The number of thioether (sulfide) groups is 1. The van der Waals surface area contributed by atoms with E-state index in [2.05, 4.69) is 0 Å². The van der Waals surface area contributed by atoms with Crippen molar-refractivity contribution in [2.75, 3.05) is 9.80 Å². The molecular formula is C24H15FN2O2S2. The number of anilines is 2. The van der Waals surface area contributed by atoms with Crippen molar-refractivity contribution in [2.45, 2.75) is 6.54 Å². The van der Waals surface area contributed by atoms with Crippen molar-refractivity contribution in [1.29, 1.82) is 0 Å². The van der Waals surface area contributed by atoms with Crippen LogP contribution in [0.4, 0.5) is 15.8 Å². The van der Waals surface area contributed by atoms with Crippen molar-refractivity contribution < 1.29 is 14.0 Å². The third kappa shape index (κ3) is 3.26. The molecule has 3 aromatic carbocycles. The number of hydrogen-bond acceptors (Lipinski definition) is 4. The van der Waals surface area contributed by atoms with Crippen LogP contribution in [-0.4, -0.2) is 16.1 Å². The maximum Gasteiger partial charge on any atom is 0.271 e. The van der Waals surface area contributed by atoms with Gasteiger partial charge in [0, 0.05) is 11.1 Å². The molecule has 31 heavy (non-hydrogen) atoms. The summed E-state index contributed by atoms with van der Waals surface area (Å²) in [6.45, 7) is 0.0744. The Balaban J connectivity index is 1.59. The molecule has 152 valence electrons. The van der Waals surface area contributed by atoms with Crippen molar-refractivity contribution in [3.05, 3.63) is 101 Å². The van der Waals surface area contributed by atoms with E-state index in [1.165, 1.54) is 15.9 Å². The number of fused-ring (bicyclic) bond motifs is 1. The number of thiocarbonyl (C=S) groups is 1. The second-order valence-electron chi connectivity index (χ2n) is 7.05. The number of amides is 2. The van der Waals surface area contributed by atoms with Gasteiger partial charge < -0.3 is 4.90 Å². The highest BCUT2D eigenvalue weighted by atomic mass is 32.2. The Morgan fingerprint density at radius 3 is 2.29 bits per heavy atom. The number of halogens is 1. The highest BCUT2D eigenvalue weighted by molar-refractivity contribution is 8.27. The quantitative estimate of drug-likeness (QED) is 0.412. The Morgan fingerprint density at radius 1 is 0.839 bits per heavy atom.